The van der Waals surface area contributed by atoms with Crippen LogP contribution in [0.15, 0.2) is 72.8 Å². The van der Waals surface area contributed by atoms with Gasteiger partial charge in [0.1, 0.15) is 23.9 Å². The first-order valence-electron chi connectivity index (χ1n) is 16.3. The quantitative estimate of drug-likeness (QED) is 0.0715. The molecule has 0 spiro atoms. The van der Waals surface area contributed by atoms with Crippen molar-refractivity contribution in [2.75, 3.05) is 26.3 Å². The Kier molecular flexibility index (Phi) is 15.4. The Morgan fingerprint density at radius 1 is 0.889 bits per heavy atom. The SMILES string of the molecule is CC.N#CC(=O)c1ccc(CCCCc2ccc(OCCCCOc3ccccc3)cc2)c(C(=O)N2CCCC(CC=O)C2)c1. The summed E-state index contributed by atoms with van der Waals surface area (Å²) in [5.74, 6) is 1.13. The second-order valence-corrected chi connectivity index (χ2v) is 11.0. The monoisotopic (exact) mass is 610 g/mol. The second kappa shape index (κ2) is 19.8. The molecule has 1 unspecified atom stereocenters. The van der Waals surface area contributed by atoms with Crippen LogP contribution >= 0.6 is 0 Å². The summed E-state index contributed by atoms with van der Waals surface area (Å²) in [6, 6.07) is 24.7. The highest BCUT2D eigenvalue weighted by Gasteiger charge is 2.26. The average molecular weight is 611 g/mol. The number of para-hydroxylation sites is 1. The fraction of sp³-hybridized carbons (Fsp3) is 0.421. The van der Waals surface area contributed by atoms with Crippen molar-refractivity contribution in [3.8, 4) is 17.6 Å². The third-order valence-electron chi connectivity index (χ3n) is 7.84. The van der Waals surface area contributed by atoms with Crippen molar-refractivity contribution in [2.24, 2.45) is 5.92 Å². The van der Waals surface area contributed by atoms with E-state index in [1.807, 2.05) is 62.4 Å². The van der Waals surface area contributed by atoms with Gasteiger partial charge in [0.05, 0.1) is 13.2 Å². The maximum atomic E-state index is 13.5. The molecule has 0 N–H and O–H groups in total. The van der Waals surface area contributed by atoms with Gasteiger partial charge in [-0.3, -0.25) is 9.59 Å². The summed E-state index contributed by atoms with van der Waals surface area (Å²) in [4.78, 5) is 38.4. The van der Waals surface area contributed by atoms with Gasteiger partial charge in [-0.05, 0) is 105 Å². The van der Waals surface area contributed by atoms with Crippen LogP contribution in [-0.2, 0) is 17.6 Å². The number of likely N-dealkylation sites (tertiary alicyclic amines) is 1. The number of amides is 1. The first kappa shape index (κ1) is 35.0. The van der Waals surface area contributed by atoms with Crippen molar-refractivity contribution in [1.29, 1.82) is 5.26 Å². The number of carbonyl (C=O) groups excluding carboxylic acids is 3. The van der Waals surface area contributed by atoms with E-state index >= 15 is 0 Å². The van der Waals surface area contributed by atoms with Crippen LogP contribution in [0.1, 0.15) is 90.6 Å². The van der Waals surface area contributed by atoms with Crippen LogP contribution in [0.2, 0.25) is 0 Å². The molecule has 1 aliphatic heterocycles. The third-order valence-corrected chi connectivity index (χ3v) is 7.84. The van der Waals surface area contributed by atoms with E-state index in [9.17, 15) is 14.4 Å². The molecule has 1 aliphatic rings. The van der Waals surface area contributed by atoms with Crippen LogP contribution in [0.3, 0.4) is 0 Å². The Morgan fingerprint density at radius 2 is 1.56 bits per heavy atom. The lowest BCUT2D eigenvalue weighted by Gasteiger charge is -2.32. The van der Waals surface area contributed by atoms with Gasteiger partial charge in [-0.15, -0.1) is 0 Å². The number of ketones is 1. The largest absolute Gasteiger partial charge is 0.494 e. The lowest BCUT2D eigenvalue weighted by atomic mass is 9.93. The molecule has 0 bridgehead atoms. The Morgan fingerprint density at radius 3 is 2.22 bits per heavy atom. The molecule has 0 aliphatic carbocycles. The van der Waals surface area contributed by atoms with E-state index in [0.717, 1.165) is 68.3 Å². The molecule has 4 rings (SSSR count). The van der Waals surface area contributed by atoms with E-state index in [4.69, 9.17) is 14.7 Å². The zero-order valence-corrected chi connectivity index (χ0v) is 26.7. The molecular formula is C38H46N2O5. The van der Waals surface area contributed by atoms with E-state index in [1.54, 1.807) is 23.1 Å². The molecule has 0 radical (unpaired) electrons. The fourth-order valence-corrected chi connectivity index (χ4v) is 5.45. The standard InChI is InChI=1S/C36H40N2O5.C2H6/c37-26-35(40)31-17-16-30(34(25-31)36(41)38-21-8-10-29(27-38)20-22-39)11-5-4-9-28-14-18-33(19-15-28)43-24-7-6-23-42-32-12-2-1-3-13-32;1-2/h1-3,12-19,22,25,29H,4-11,20-21,23-24,27H2;1-2H3. The number of aryl methyl sites for hydroxylation is 2. The summed E-state index contributed by atoms with van der Waals surface area (Å²) in [6.07, 6.45) is 8.42. The summed E-state index contributed by atoms with van der Waals surface area (Å²) in [6.45, 7) is 6.49. The highest BCUT2D eigenvalue weighted by molar-refractivity contribution is 6.09. The molecule has 238 valence electrons. The molecule has 1 fully saturated rings. The zero-order chi connectivity index (χ0) is 32.3. The highest BCUT2D eigenvalue weighted by Crippen LogP contribution is 2.24. The Labute approximate surface area is 268 Å². The molecular weight excluding hydrogens is 564 g/mol. The lowest BCUT2D eigenvalue weighted by Crippen LogP contribution is -2.40. The van der Waals surface area contributed by atoms with Crippen LogP contribution in [0.5, 0.6) is 11.5 Å². The second-order valence-electron chi connectivity index (χ2n) is 11.0. The summed E-state index contributed by atoms with van der Waals surface area (Å²) in [5, 5.41) is 9.10. The fourth-order valence-electron chi connectivity index (χ4n) is 5.45. The zero-order valence-electron chi connectivity index (χ0n) is 26.7. The summed E-state index contributed by atoms with van der Waals surface area (Å²) < 4.78 is 11.6. The first-order valence-corrected chi connectivity index (χ1v) is 16.3. The van der Waals surface area contributed by atoms with E-state index in [-0.39, 0.29) is 17.4 Å². The van der Waals surface area contributed by atoms with Crippen LogP contribution < -0.4 is 9.47 Å². The average Bonchev–Trinajstić information content (AvgIpc) is 3.09. The van der Waals surface area contributed by atoms with Crippen molar-refractivity contribution >= 4 is 18.0 Å². The molecule has 3 aromatic rings. The topological polar surface area (TPSA) is 96.7 Å². The van der Waals surface area contributed by atoms with Crippen LogP contribution in [0.4, 0.5) is 0 Å². The molecule has 7 nitrogen and oxygen atoms in total. The van der Waals surface area contributed by atoms with Crippen molar-refractivity contribution < 1.29 is 23.9 Å². The number of ether oxygens (including phenoxy) is 2. The molecule has 1 saturated heterocycles. The third kappa shape index (κ3) is 11.5. The van der Waals surface area contributed by atoms with Crippen LogP contribution in [-0.4, -0.2) is 49.2 Å². The Hall–Kier alpha value is -4.44. The van der Waals surface area contributed by atoms with Gasteiger partial charge in [0.25, 0.3) is 11.7 Å². The van der Waals surface area contributed by atoms with Gasteiger partial charge >= 0.3 is 0 Å². The smallest absolute Gasteiger partial charge is 0.262 e. The van der Waals surface area contributed by atoms with Crippen molar-refractivity contribution in [1.82, 2.24) is 4.90 Å². The lowest BCUT2D eigenvalue weighted by molar-refractivity contribution is -0.108. The number of hydrogen-bond donors (Lipinski definition) is 0. The molecule has 7 heteroatoms. The Balaban J connectivity index is 0.00000271. The maximum absolute atomic E-state index is 13.5. The molecule has 0 aromatic heterocycles. The van der Waals surface area contributed by atoms with Gasteiger partial charge in [0.15, 0.2) is 0 Å². The number of aldehydes is 1. The van der Waals surface area contributed by atoms with Crippen LogP contribution in [0.25, 0.3) is 0 Å². The first-order chi connectivity index (χ1) is 22.1. The number of Topliss-reactive ketones (excluding diaryl/α,β-unsaturated/α-hetero) is 1. The number of hydrogen-bond acceptors (Lipinski definition) is 6. The maximum Gasteiger partial charge on any atom is 0.262 e. The highest BCUT2D eigenvalue weighted by atomic mass is 16.5. The van der Waals surface area contributed by atoms with Crippen molar-refractivity contribution in [3.63, 3.8) is 0 Å². The number of nitrogens with zero attached hydrogens (tertiary/aromatic N) is 2. The minimum absolute atomic E-state index is 0.127. The summed E-state index contributed by atoms with van der Waals surface area (Å²) in [5.41, 5.74) is 2.83. The van der Waals surface area contributed by atoms with Crippen molar-refractivity contribution in [2.45, 2.75) is 71.6 Å². The van der Waals surface area contributed by atoms with Gasteiger partial charge < -0.3 is 19.2 Å². The van der Waals surface area contributed by atoms with Gasteiger partial charge in [0.2, 0.25) is 0 Å². The van der Waals surface area contributed by atoms with Crippen molar-refractivity contribution in [3.05, 3.63) is 95.1 Å². The summed E-state index contributed by atoms with van der Waals surface area (Å²) in [7, 11) is 0. The molecule has 1 amide bonds. The predicted octanol–water partition coefficient (Wildman–Crippen LogP) is 7.66. The molecule has 45 heavy (non-hydrogen) atoms. The number of nitriles is 1. The number of benzene rings is 3. The summed E-state index contributed by atoms with van der Waals surface area (Å²) >= 11 is 0. The van der Waals surface area contributed by atoms with E-state index in [1.165, 1.54) is 5.56 Å². The molecule has 0 saturated carbocycles. The van der Waals surface area contributed by atoms with E-state index < -0.39 is 5.78 Å². The van der Waals surface area contributed by atoms with Gasteiger partial charge in [0, 0.05) is 30.6 Å². The number of carbonyl (C=O) groups is 3. The van der Waals surface area contributed by atoms with E-state index in [0.29, 0.717) is 44.7 Å². The minimum Gasteiger partial charge on any atom is -0.494 e. The molecule has 1 heterocycles. The van der Waals surface area contributed by atoms with Gasteiger partial charge in [-0.2, -0.15) is 5.26 Å². The minimum atomic E-state index is -0.650. The van der Waals surface area contributed by atoms with Crippen LogP contribution in [0, 0.1) is 17.2 Å². The van der Waals surface area contributed by atoms with E-state index in [2.05, 4.69) is 12.1 Å². The molecule has 3 aromatic carbocycles. The molecule has 1 atom stereocenters. The number of unbranched alkanes of at least 4 members (excludes halogenated alkanes) is 2. The Bertz CT molecular complexity index is 1380. The predicted molar refractivity (Wildman–Crippen MR) is 177 cm³/mol. The number of rotatable bonds is 16. The van der Waals surface area contributed by atoms with Gasteiger partial charge in [-0.1, -0.05) is 50.2 Å². The number of piperidine rings is 1. The normalized spacial score (nSPS) is 14.0. The van der Waals surface area contributed by atoms with Gasteiger partial charge in [-0.25, -0.2) is 0 Å².